The minimum absolute atomic E-state index is 0.201. The topological polar surface area (TPSA) is 69.3 Å². The fourth-order valence-electron chi connectivity index (χ4n) is 3.04. The predicted octanol–water partition coefficient (Wildman–Crippen LogP) is 0.659. The van der Waals surface area contributed by atoms with Crippen molar-refractivity contribution < 1.29 is 8.42 Å². The number of aromatic nitrogens is 2. The quantitative estimate of drug-likeness (QED) is 0.885. The van der Waals surface area contributed by atoms with E-state index in [4.69, 9.17) is 0 Å². The Hall–Kier alpha value is -0.920. The fraction of sp³-hybridized carbons (Fsp3) is 0.750. The van der Waals surface area contributed by atoms with Crippen molar-refractivity contribution in [2.45, 2.75) is 36.8 Å². The van der Waals surface area contributed by atoms with Crippen LogP contribution in [0.3, 0.4) is 0 Å². The SMILES string of the molecule is O=S(=O)(c1ccn[nH]1)N1CCC(N2CCCCC2)C1. The Kier molecular flexibility index (Phi) is 3.60. The molecule has 106 valence electrons. The van der Waals surface area contributed by atoms with Gasteiger partial charge in [-0.05, 0) is 38.4 Å². The Morgan fingerprint density at radius 2 is 2.00 bits per heavy atom. The summed E-state index contributed by atoms with van der Waals surface area (Å²) in [6, 6.07) is 1.90. The molecule has 7 heteroatoms. The van der Waals surface area contributed by atoms with Crippen molar-refractivity contribution in [1.82, 2.24) is 19.4 Å². The van der Waals surface area contributed by atoms with Crippen molar-refractivity contribution in [3.63, 3.8) is 0 Å². The summed E-state index contributed by atoms with van der Waals surface area (Å²) in [6.07, 6.45) is 6.20. The van der Waals surface area contributed by atoms with Crippen molar-refractivity contribution in [3.8, 4) is 0 Å². The van der Waals surface area contributed by atoms with Gasteiger partial charge in [-0.1, -0.05) is 6.42 Å². The monoisotopic (exact) mass is 284 g/mol. The number of sulfonamides is 1. The van der Waals surface area contributed by atoms with Crippen molar-refractivity contribution in [3.05, 3.63) is 12.3 Å². The summed E-state index contributed by atoms with van der Waals surface area (Å²) in [5.74, 6) is 0. The molecule has 0 aliphatic carbocycles. The van der Waals surface area contributed by atoms with Crippen molar-refractivity contribution in [2.24, 2.45) is 0 Å². The molecule has 2 saturated heterocycles. The minimum Gasteiger partial charge on any atom is -0.299 e. The van der Waals surface area contributed by atoms with Gasteiger partial charge in [-0.3, -0.25) is 10.00 Å². The van der Waals surface area contributed by atoms with E-state index in [1.807, 2.05) is 0 Å². The van der Waals surface area contributed by atoms with Crippen LogP contribution in [-0.2, 0) is 10.0 Å². The normalized spacial score (nSPS) is 26.8. The van der Waals surface area contributed by atoms with Gasteiger partial charge in [0, 0.05) is 19.1 Å². The molecule has 2 fully saturated rings. The number of likely N-dealkylation sites (tertiary alicyclic amines) is 1. The van der Waals surface area contributed by atoms with Gasteiger partial charge in [0.2, 0.25) is 0 Å². The van der Waals surface area contributed by atoms with Crippen LogP contribution in [0.15, 0.2) is 17.3 Å². The van der Waals surface area contributed by atoms with Gasteiger partial charge in [-0.2, -0.15) is 9.40 Å². The predicted molar refractivity (Wildman–Crippen MR) is 71.2 cm³/mol. The second-order valence-electron chi connectivity index (χ2n) is 5.32. The van der Waals surface area contributed by atoms with E-state index in [9.17, 15) is 8.42 Å². The van der Waals surface area contributed by atoms with Gasteiger partial charge >= 0.3 is 0 Å². The maximum atomic E-state index is 12.4. The van der Waals surface area contributed by atoms with Crippen LogP contribution >= 0.6 is 0 Å². The molecule has 1 aromatic heterocycles. The largest absolute Gasteiger partial charge is 0.299 e. The van der Waals surface area contributed by atoms with Crippen LogP contribution in [0.4, 0.5) is 0 Å². The van der Waals surface area contributed by atoms with E-state index in [0.29, 0.717) is 19.1 Å². The number of hydrogen-bond donors (Lipinski definition) is 1. The molecule has 0 amide bonds. The van der Waals surface area contributed by atoms with Gasteiger partial charge in [0.1, 0.15) is 0 Å². The molecule has 2 aliphatic rings. The highest BCUT2D eigenvalue weighted by Gasteiger charge is 2.35. The Balaban J connectivity index is 1.68. The molecule has 1 aromatic rings. The van der Waals surface area contributed by atoms with Crippen molar-refractivity contribution in [1.29, 1.82) is 0 Å². The summed E-state index contributed by atoms with van der Waals surface area (Å²) in [4.78, 5) is 2.45. The average molecular weight is 284 g/mol. The molecule has 2 aliphatic heterocycles. The first kappa shape index (κ1) is 13.1. The van der Waals surface area contributed by atoms with E-state index in [-0.39, 0.29) is 5.03 Å². The van der Waals surface area contributed by atoms with Gasteiger partial charge in [0.25, 0.3) is 10.0 Å². The Bertz CT molecular complexity index is 508. The molecule has 6 nitrogen and oxygen atoms in total. The molecule has 1 N–H and O–H groups in total. The zero-order valence-electron chi connectivity index (χ0n) is 11.0. The number of nitrogens with zero attached hydrogens (tertiary/aromatic N) is 3. The van der Waals surface area contributed by atoms with E-state index < -0.39 is 10.0 Å². The van der Waals surface area contributed by atoms with Crippen LogP contribution in [0, 0.1) is 0 Å². The molecule has 0 radical (unpaired) electrons. The minimum atomic E-state index is -3.38. The van der Waals surface area contributed by atoms with Gasteiger partial charge in [-0.25, -0.2) is 8.42 Å². The lowest BCUT2D eigenvalue weighted by molar-refractivity contribution is 0.169. The summed E-state index contributed by atoms with van der Waals surface area (Å²) in [6.45, 7) is 3.45. The smallest absolute Gasteiger partial charge is 0.260 e. The highest BCUT2D eigenvalue weighted by Crippen LogP contribution is 2.24. The molecule has 0 aromatic carbocycles. The van der Waals surface area contributed by atoms with Gasteiger partial charge in [-0.15, -0.1) is 0 Å². The van der Waals surface area contributed by atoms with Gasteiger partial charge in [0.05, 0.1) is 6.20 Å². The summed E-state index contributed by atoms with van der Waals surface area (Å²) in [5, 5.41) is 6.48. The van der Waals surface area contributed by atoms with Crippen LogP contribution in [0.5, 0.6) is 0 Å². The lowest BCUT2D eigenvalue weighted by Gasteiger charge is -2.32. The first-order chi connectivity index (χ1) is 9.18. The third-order valence-corrected chi connectivity index (χ3v) is 5.92. The Morgan fingerprint density at radius 3 is 2.68 bits per heavy atom. The molecule has 1 unspecified atom stereocenters. The van der Waals surface area contributed by atoms with Crippen LogP contribution in [-0.4, -0.2) is 60.0 Å². The molecule has 0 saturated carbocycles. The van der Waals surface area contributed by atoms with E-state index in [0.717, 1.165) is 19.5 Å². The second-order valence-corrected chi connectivity index (χ2v) is 7.23. The molecule has 19 heavy (non-hydrogen) atoms. The summed E-state index contributed by atoms with van der Waals surface area (Å²) in [7, 11) is -3.38. The first-order valence-corrected chi connectivity index (χ1v) is 8.35. The number of hydrogen-bond acceptors (Lipinski definition) is 4. The molecule has 0 bridgehead atoms. The average Bonchev–Trinajstić information content (AvgIpc) is 3.12. The van der Waals surface area contributed by atoms with Crippen LogP contribution in [0.1, 0.15) is 25.7 Å². The van der Waals surface area contributed by atoms with Crippen molar-refractivity contribution >= 4 is 10.0 Å². The maximum Gasteiger partial charge on any atom is 0.260 e. The number of nitrogens with one attached hydrogen (secondary N) is 1. The lowest BCUT2D eigenvalue weighted by atomic mass is 10.1. The zero-order chi connectivity index (χ0) is 13.3. The van der Waals surface area contributed by atoms with E-state index >= 15 is 0 Å². The number of piperidine rings is 1. The molecule has 3 rings (SSSR count). The third kappa shape index (κ3) is 2.54. The second kappa shape index (κ2) is 5.22. The van der Waals surface area contributed by atoms with Gasteiger partial charge < -0.3 is 0 Å². The van der Waals surface area contributed by atoms with Crippen LogP contribution < -0.4 is 0 Å². The number of H-pyrrole nitrogens is 1. The zero-order valence-corrected chi connectivity index (χ0v) is 11.8. The molecule has 3 heterocycles. The van der Waals surface area contributed by atoms with Gasteiger partial charge in [0.15, 0.2) is 5.03 Å². The first-order valence-electron chi connectivity index (χ1n) is 6.91. The van der Waals surface area contributed by atoms with E-state index in [1.54, 1.807) is 4.31 Å². The lowest BCUT2D eigenvalue weighted by Crippen LogP contribution is -2.41. The molecular formula is C12H20N4O2S. The maximum absolute atomic E-state index is 12.4. The fourth-order valence-corrected chi connectivity index (χ4v) is 4.43. The Morgan fingerprint density at radius 1 is 1.21 bits per heavy atom. The molecule has 1 atom stereocenters. The summed E-state index contributed by atoms with van der Waals surface area (Å²) < 4.78 is 26.3. The summed E-state index contributed by atoms with van der Waals surface area (Å²) in [5.41, 5.74) is 0. The highest BCUT2D eigenvalue weighted by atomic mass is 32.2. The van der Waals surface area contributed by atoms with E-state index in [1.165, 1.54) is 31.5 Å². The molecule has 0 spiro atoms. The molecular weight excluding hydrogens is 264 g/mol. The van der Waals surface area contributed by atoms with Crippen LogP contribution in [0.25, 0.3) is 0 Å². The highest BCUT2D eigenvalue weighted by molar-refractivity contribution is 7.89. The third-order valence-electron chi connectivity index (χ3n) is 4.13. The number of aromatic amines is 1. The Labute approximate surface area is 113 Å². The van der Waals surface area contributed by atoms with Crippen molar-refractivity contribution in [2.75, 3.05) is 26.2 Å². The number of rotatable bonds is 3. The van der Waals surface area contributed by atoms with E-state index in [2.05, 4.69) is 15.1 Å². The van der Waals surface area contributed by atoms with Crippen LogP contribution in [0.2, 0.25) is 0 Å². The standard InChI is InChI=1S/C12H20N4O2S/c17-19(18,12-4-6-13-14-12)16-9-5-11(10-16)15-7-2-1-3-8-15/h4,6,11H,1-3,5,7-10H2,(H,13,14). The summed E-state index contributed by atoms with van der Waals surface area (Å²) >= 11 is 0.